The van der Waals surface area contributed by atoms with Crippen molar-refractivity contribution in [3.8, 4) is 11.3 Å². The van der Waals surface area contributed by atoms with E-state index < -0.39 is 15.2 Å². The lowest BCUT2D eigenvalue weighted by Gasteiger charge is -2.27. The molecule has 1 aromatic carbocycles. The number of hydrogen-bond acceptors (Lipinski definition) is 4. The lowest BCUT2D eigenvalue weighted by Crippen LogP contribution is -2.17. The monoisotopic (exact) mass is 431 g/mol. The molecule has 1 aromatic heterocycles. The number of allylic oxidation sites excluding steroid dienone is 2. The van der Waals surface area contributed by atoms with E-state index in [1.807, 2.05) is 23.1 Å². The molecule has 146 valence electrons. The molecule has 2 heterocycles. The largest absolute Gasteiger partial charge is 0.463 e. The van der Waals surface area contributed by atoms with E-state index in [0.29, 0.717) is 0 Å². The first-order chi connectivity index (χ1) is 13.5. The van der Waals surface area contributed by atoms with Crippen LogP contribution in [0.5, 0.6) is 0 Å². The summed E-state index contributed by atoms with van der Waals surface area (Å²) in [5.74, 6) is 0. The number of benzene rings is 1. The van der Waals surface area contributed by atoms with Gasteiger partial charge in [0, 0.05) is 16.5 Å². The van der Waals surface area contributed by atoms with Crippen molar-refractivity contribution in [1.82, 2.24) is 4.98 Å². The van der Waals surface area contributed by atoms with Crippen LogP contribution in [0.15, 0.2) is 45.5 Å². The maximum absolute atomic E-state index is 10.9. The van der Waals surface area contributed by atoms with Crippen LogP contribution in [-0.4, -0.2) is 27.6 Å². The zero-order chi connectivity index (χ0) is 19.7. The van der Waals surface area contributed by atoms with Crippen LogP contribution in [0.4, 0.5) is 4.79 Å². The molecule has 1 atom stereocenters. The minimum absolute atomic E-state index is 0.146. The Bertz CT molecular complexity index is 1030. The Balaban J connectivity index is 1.68. The summed E-state index contributed by atoms with van der Waals surface area (Å²) in [6.07, 6.45) is 7.40. The van der Waals surface area contributed by atoms with E-state index in [4.69, 9.17) is 15.8 Å². The third-order valence-corrected chi connectivity index (χ3v) is 11.1. The van der Waals surface area contributed by atoms with Gasteiger partial charge >= 0.3 is 6.09 Å². The molecule has 28 heavy (non-hydrogen) atoms. The first-order valence-corrected chi connectivity index (χ1v) is 13.3. The molecule has 1 unspecified atom stereocenters. The van der Waals surface area contributed by atoms with Gasteiger partial charge in [0.2, 0.25) is 0 Å². The predicted molar refractivity (Wildman–Crippen MR) is 122 cm³/mol. The van der Waals surface area contributed by atoms with Crippen LogP contribution in [0.3, 0.4) is 0 Å². The molecule has 0 saturated carbocycles. The molecule has 3 N–H and O–H groups in total. The van der Waals surface area contributed by atoms with E-state index in [1.165, 1.54) is 40.3 Å². The zero-order valence-corrected chi connectivity index (χ0v) is 17.9. The topological polar surface area (TPSA) is 88.6 Å². The minimum Gasteiger partial charge on any atom is -0.463 e. The Hall–Kier alpha value is -2.03. The summed E-state index contributed by atoms with van der Waals surface area (Å²) in [7, 11) is -0.224. The van der Waals surface area contributed by atoms with Crippen molar-refractivity contribution in [2.45, 2.75) is 25.7 Å². The van der Waals surface area contributed by atoms with E-state index in [9.17, 15) is 4.79 Å². The Morgan fingerprint density at radius 1 is 1.36 bits per heavy atom. The molecule has 5 nitrogen and oxygen atoms in total. The molecule has 0 bridgehead atoms. The van der Waals surface area contributed by atoms with E-state index in [1.54, 1.807) is 11.3 Å². The van der Waals surface area contributed by atoms with Crippen LogP contribution in [0, 0.1) is 0 Å². The van der Waals surface area contributed by atoms with Gasteiger partial charge in [-0.1, -0.05) is 27.3 Å². The molecule has 0 saturated heterocycles. The van der Waals surface area contributed by atoms with Crippen molar-refractivity contribution >= 4 is 48.0 Å². The first-order valence-electron chi connectivity index (χ1n) is 8.95. The average molecular weight is 432 g/mol. The number of nitrogens with zero attached hydrogens (tertiary/aromatic N) is 2. The standard InChI is InChI=1S/C20H21N3O2S3/c1-26-28(19(21)23-20(24)25)10-9-14(12-28)18-22-17(11-27-18)16-8-4-6-13-5-2-3-7-15(13)16/h4,6,8-12H,2-3,5,7H2,1H3,(H2,21,23)(H,24,25). The molecular formula is C20H21N3O2S3. The Morgan fingerprint density at radius 3 is 2.96 bits per heavy atom. The zero-order valence-electron chi connectivity index (χ0n) is 15.4. The number of amides is 1. The number of nitrogens with two attached hydrogens (primary N) is 1. The Morgan fingerprint density at radius 2 is 2.18 bits per heavy atom. The third kappa shape index (κ3) is 3.52. The summed E-state index contributed by atoms with van der Waals surface area (Å²) in [4.78, 5) is 19.4. The average Bonchev–Trinajstić information content (AvgIpc) is 3.35. The van der Waals surface area contributed by atoms with Crippen molar-refractivity contribution in [1.29, 1.82) is 0 Å². The number of rotatable bonds is 3. The summed E-state index contributed by atoms with van der Waals surface area (Å²) in [5.41, 5.74) is 12.1. The fraction of sp³-hybridized carbons (Fsp3) is 0.250. The summed E-state index contributed by atoms with van der Waals surface area (Å²) in [6.45, 7) is 0. The van der Waals surface area contributed by atoms with Gasteiger partial charge in [-0.05, 0) is 60.0 Å². The molecule has 2 aromatic rings. The van der Waals surface area contributed by atoms with Gasteiger partial charge in [0.15, 0.2) is 5.17 Å². The van der Waals surface area contributed by atoms with Crippen LogP contribution in [0.2, 0.25) is 0 Å². The van der Waals surface area contributed by atoms with Gasteiger partial charge < -0.3 is 10.8 Å². The number of hydrogen-bond donors (Lipinski definition) is 2. The molecule has 1 amide bonds. The van der Waals surface area contributed by atoms with E-state index in [0.717, 1.165) is 29.1 Å². The number of aromatic nitrogens is 1. The number of thiazole rings is 1. The van der Waals surface area contributed by atoms with Crippen molar-refractivity contribution in [3.05, 3.63) is 56.6 Å². The SMILES string of the molecule is CSS1(C(N)=NC(=O)O)C=CC(c2nc(-c3cccc4c3CCCC4)cs2)=C1. The lowest BCUT2D eigenvalue weighted by atomic mass is 9.87. The second kappa shape index (κ2) is 7.77. The van der Waals surface area contributed by atoms with Gasteiger partial charge in [0.25, 0.3) is 0 Å². The van der Waals surface area contributed by atoms with E-state index >= 15 is 0 Å². The number of carboxylic acid groups (broad SMARTS) is 1. The highest BCUT2D eigenvalue weighted by atomic mass is 33.2. The van der Waals surface area contributed by atoms with Gasteiger partial charge in [-0.2, -0.15) is 4.99 Å². The number of aryl methyl sites for hydroxylation is 1. The summed E-state index contributed by atoms with van der Waals surface area (Å²) < 4.78 is 0. The Labute approximate surface area is 173 Å². The quantitative estimate of drug-likeness (QED) is 0.373. The molecular weight excluding hydrogens is 410 g/mol. The van der Waals surface area contributed by atoms with Crippen LogP contribution >= 0.6 is 31.2 Å². The van der Waals surface area contributed by atoms with Crippen LogP contribution in [0.1, 0.15) is 29.0 Å². The van der Waals surface area contributed by atoms with Gasteiger partial charge in [-0.15, -0.1) is 22.1 Å². The maximum Gasteiger partial charge on any atom is 0.433 e. The van der Waals surface area contributed by atoms with Crippen molar-refractivity contribution in [2.75, 3.05) is 6.26 Å². The van der Waals surface area contributed by atoms with Crippen molar-refractivity contribution in [3.63, 3.8) is 0 Å². The number of amidine groups is 1. The van der Waals surface area contributed by atoms with Crippen LogP contribution in [-0.2, 0) is 12.8 Å². The summed E-state index contributed by atoms with van der Waals surface area (Å²) in [6, 6.07) is 6.52. The molecule has 2 aliphatic rings. The molecule has 0 radical (unpaired) electrons. The fourth-order valence-corrected chi connectivity index (χ4v) is 8.07. The highest BCUT2D eigenvalue weighted by molar-refractivity contribution is 9.02. The number of fused-ring (bicyclic) bond motifs is 1. The molecule has 0 fully saturated rings. The van der Waals surface area contributed by atoms with E-state index in [-0.39, 0.29) is 5.17 Å². The van der Waals surface area contributed by atoms with E-state index in [2.05, 4.69) is 28.6 Å². The second-order valence-corrected chi connectivity index (χ2v) is 12.7. The molecule has 1 aliphatic carbocycles. The van der Waals surface area contributed by atoms with Gasteiger partial charge in [0.1, 0.15) is 5.01 Å². The van der Waals surface area contributed by atoms with Crippen molar-refractivity contribution < 1.29 is 9.90 Å². The highest BCUT2D eigenvalue weighted by Gasteiger charge is 2.29. The predicted octanol–water partition coefficient (Wildman–Crippen LogP) is 5.63. The smallest absolute Gasteiger partial charge is 0.433 e. The van der Waals surface area contributed by atoms with Gasteiger partial charge in [-0.3, -0.25) is 0 Å². The second-order valence-electron chi connectivity index (χ2n) is 6.61. The van der Waals surface area contributed by atoms with Crippen molar-refractivity contribution in [2.24, 2.45) is 10.7 Å². The molecule has 4 rings (SSSR count). The summed E-state index contributed by atoms with van der Waals surface area (Å²) in [5, 5.41) is 16.1. The third-order valence-electron chi connectivity index (χ3n) is 4.98. The molecule has 1 aliphatic heterocycles. The fourth-order valence-electron chi connectivity index (χ4n) is 3.60. The number of carbonyl (C=O) groups is 1. The molecule has 8 heteroatoms. The highest BCUT2D eigenvalue weighted by Crippen LogP contribution is 2.65. The first kappa shape index (κ1) is 19.3. The van der Waals surface area contributed by atoms with Gasteiger partial charge in [0.05, 0.1) is 5.69 Å². The number of aliphatic imine (C=N–C) groups is 1. The molecule has 0 spiro atoms. The minimum atomic E-state index is -1.75. The lowest BCUT2D eigenvalue weighted by molar-refractivity contribution is 0.206. The van der Waals surface area contributed by atoms with Crippen LogP contribution < -0.4 is 5.73 Å². The van der Waals surface area contributed by atoms with Gasteiger partial charge in [-0.25, -0.2) is 9.78 Å². The van der Waals surface area contributed by atoms with Crippen LogP contribution in [0.25, 0.3) is 16.8 Å². The Kier molecular flexibility index (Phi) is 5.35. The maximum atomic E-state index is 10.9. The normalized spacial score (nSPS) is 23.8. The summed E-state index contributed by atoms with van der Waals surface area (Å²) >= 11 is 1.61.